The Morgan fingerprint density at radius 3 is 1.82 bits per heavy atom. The van der Waals surface area contributed by atoms with E-state index >= 15 is 0 Å². The lowest BCUT2D eigenvalue weighted by Gasteiger charge is -2.38. The quantitative estimate of drug-likeness (QED) is 0.257. The molecule has 1 aromatic carbocycles. The molecule has 1 saturated heterocycles. The van der Waals surface area contributed by atoms with E-state index in [4.69, 9.17) is 28.4 Å². The summed E-state index contributed by atoms with van der Waals surface area (Å²) in [5, 5.41) is 13.7. The van der Waals surface area contributed by atoms with Crippen molar-refractivity contribution in [1.29, 1.82) is 0 Å². The van der Waals surface area contributed by atoms with E-state index in [-0.39, 0.29) is 5.69 Å². The van der Waals surface area contributed by atoms with E-state index in [1.165, 1.54) is 19.2 Å². The van der Waals surface area contributed by atoms with Crippen molar-refractivity contribution < 1.29 is 62.3 Å². The standard InChI is InChI=1S/C25H32N2O13/c1-12(28)36-11-19(37-13(2)29)21(38-14(3)30)23(40-16(5)32)22(39-15(4)31)20-24(33)27(25(34)26-20)17-7-9-18(35-6)10-8-17/h7-10,19-24,33H,11H2,1-6H3,(H,26,34)/t19-,20+,21+,22+,23+,24+/m1/s1. The number of hydrogen-bond acceptors (Lipinski definition) is 13. The molecule has 0 bridgehead atoms. The van der Waals surface area contributed by atoms with Gasteiger partial charge in [-0.2, -0.15) is 0 Å². The predicted octanol–water partition coefficient (Wildman–Crippen LogP) is 0.202. The van der Waals surface area contributed by atoms with Crippen LogP contribution in [0.5, 0.6) is 5.75 Å². The molecule has 0 aromatic heterocycles. The molecule has 40 heavy (non-hydrogen) atoms. The van der Waals surface area contributed by atoms with E-state index in [2.05, 4.69) is 5.32 Å². The van der Waals surface area contributed by atoms with Crippen LogP contribution in [0.1, 0.15) is 34.6 Å². The third kappa shape index (κ3) is 8.56. The van der Waals surface area contributed by atoms with Gasteiger partial charge < -0.3 is 38.8 Å². The molecule has 0 aliphatic carbocycles. The number of aliphatic hydroxyl groups excluding tert-OH is 1. The molecule has 2 amide bonds. The van der Waals surface area contributed by atoms with E-state index in [1.54, 1.807) is 12.1 Å². The van der Waals surface area contributed by atoms with Gasteiger partial charge in [-0.25, -0.2) is 4.79 Å². The molecule has 0 unspecified atom stereocenters. The lowest BCUT2D eigenvalue weighted by atomic mass is 9.96. The van der Waals surface area contributed by atoms with Gasteiger partial charge in [0.15, 0.2) is 30.6 Å². The molecule has 2 N–H and O–H groups in total. The fraction of sp³-hybridized carbons (Fsp3) is 0.520. The zero-order chi connectivity index (χ0) is 30.1. The van der Waals surface area contributed by atoms with Gasteiger partial charge in [0.1, 0.15) is 18.4 Å². The van der Waals surface area contributed by atoms with Crippen molar-refractivity contribution in [2.24, 2.45) is 0 Å². The van der Waals surface area contributed by atoms with Gasteiger partial charge in [0.05, 0.1) is 7.11 Å². The topological polar surface area (TPSA) is 193 Å². The Bertz CT molecular complexity index is 1110. The van der Waals surface area contributed by atoms with Crippen molar-refractivity contribution in [1.82, 2.24) is 5.32 Å². The van der Waals surface area contributed by atoms with Crippen molar-refractivity contribution in [3.8, 4) is 5.75 Å². The van der Waals surface area contributed by atoms with Gasteiger partial charge in [0, 0.05) is 40.3 Å². The van der Waals surface area contributed by atoms with Crippen LogP contribution in [0.2, 0.25) is 0 Å². The fourth-order valence-electron chi connectivity index (χ4n) is 4.04. The first-order chi connectivity index (χ1) is 18.7. The van der Waals surface area contributed by atoms with Gasteiger partial charge in [-0.15, -0.1) is 0 Å². The fourth-order valence-corrected chi connectivity index (χ4v) is 4.04. The SMILES string of the molecule is COc1ccc(N2C(=O)N[C@@H]([C@H](OC(C)=O)[C@@H](OC(C)=O)[C@@H](OC(C)=O)[C@@H](COC(C)=O)OC(C)=O)[C@@H]2O)cc1. The van der Waals surface area contributed by atoms with Crippen LogP contribution in [-0.4, -0.2) is 91.4 Å². The molecule has 0 radical (unpaired) electrons. The Morgan fingerprint density at radius 1 is 0.825 bits per heavy atom. The minimum atomic E-state index is -1.78. The number of aliphatic hydroxyl groups is 1. The molecule has 1 aromatic rings. The van der Waals surface area contributed by atoms with E-state index in [9.17, 15) is 33.9 Å². The summed E-state index contributed by atoms with van der Waals surface area (Å²) >= 11 is 0. The minimum absolute atomic E-state index is 0.239. The highest BCUT2D eigenvalue weighted by molar-refractivity contribution is 5.95. The zero-order valence-corrected chi connectivity index (χ0v) is 22.8. The van der Waals surface area contributed by atoms with Crippen molar-refractivity contribution in [2.45, 2.75) is 71.3 Å². The summed E-state index contributed by atoms with van der Waals surface area (Å²) in [5.41, 5.74) is 0.239. The molecule has 15 heteroatoms. The second kappa shape index (κ2) is 14.1. The molecule has 1 aliphatic heterocycles. The largest absolute Gasteiger partial charge is 0.497 e. The number of esters is 5. The first-order valence-corrected chi connectivity index (χ1v) is 12.0. The van der Waals surface area contributed by atoms with Crippen molar-refractivity contribution in [3.63, 3.8) is 0 Å². The Hall–Kier alpha value is -4.40. The van der Waals surface area contributed by atoms with Crippen molar-refractivity contribution in [3.05, 3.63) is 24.3 Å². The Morgan fingerprint density at radius 2 is 1.35 bits per heavy atom. The second-order valence-corrected chi connectivity index (χ2v) is 8.63. The van der Waals surface area contributed by atoms with Gasteiger partial charge in [-0.3, -0.25) is 28.9 Å². The number of ether oxygens (including phenoxy) is 6. The molecule has 0 saturated carbocycles. The van der Waals surface area contributed by atoms with Gasteiger partial charge in [-0.05, 0) is 24.3 Å². The molecule has 0 spiro atoms. The highest BCUT2D eigenvalue weighted by atomic mass is 16.6. The number of methoxy groups -OCH3 is 1. The number of hydrogen-bond donors (Lipinski definition) is 2. The van der Waals surface area contributed by atoms with Crippen LogP contribution in [0, 0.1) is 0 Å². The number of anilines is 1. The number of amides is 2. The van der Waals surface area contributed by atoms with Gasteiger partial charge >= 0.3 is 35.9 Å². The normalized spacial score (nSPS) is 19.3. The molecule has 2 rings (SSSR count). The molecule has 1 fully saturated rings. The van der Waals surface area contributed by atoms with Crippen LogP contribution in [-0.2, 0) is 47.7 Å². The summed E-state index contributed by atoms with van der Waals surface area (Å²) in [7, 11) is 1.45. The first kappa shape index (κ1) is 31.8. The van der Waals surface area contributed by atoms with Gasteiger partial charge in [0.2, 0.25) is 0 Å². The summed E-state index contributed by atoms with van der Waals surface area (Å²) in [6.07, 6.45) is -8.47. The Balaban J connectivity index is 2.60. The lowest BCUT2D eigenvalue weighted by Crippen LogP contribution is -2.60. The van der Waals surface area contributed by atoms with Crippen molar-refractivity contribution >= 4 is 41.6 Å². The maximum Gasteiger partial charge on any atom is 0.324 e. The summed E-state index contributed by atoms with van der Waals surface area (Å²) in [6.45, 7) is 4.49. The van der Waals surface area contributed by atoms with Gasteiger partial charge in [0.25, 0.3) is 0 Å². The lowest BCUT2D eigenvalue weighted by molar-refractivity contribution is -0.205. The number of nitrogens with zero attached hydrogens (tertiary/aromatic N) is 1. The molecular formula is C25H32N2O13. The van der Waals surface area contributed by atoms with Gasteiger partial charge in [-0.1, -0.05) is 0 Å². The third-order valence-corrected chi connectivity index (χ3v) is 5.49. The summed E-state index contributed by atoms with van der Waals surface area (Å²) in [6, 6.07) is 3.80. The molecule has 15 nitrogen and oxygen atoms in total. The van der Waals surface area contributed by atoms with Crippen LogP contribution < -0.4 is 15.0 Å². The van der Waals surface area contributed by atoms with Crippen molar-refractivity contribution in [2.75, 3.05) is 18.6 Å². The van der Waals surface area contributed by atoms with Crippen LogP contribution in [0.15, 0.2) is 24.3 Å². The van der Waals surface area contributed by atoms with Crippen LogP contribution >= 0.6 is 0 Å². The summed E-state index contributed by atoms with van der Waals surface area (Å²) in [5.74, 6) is -3.96. The second-order valence-electron chi connectivity index (χ2n) is 8.63. The molecular weight excluding hydrogens is 536 g/mol. The smallest absolute Gasteiger partial charge is 0.324 e. The molecule has 1 heterocycles. The van der Waals surface area contributed by atoms with E-state index in [0.717, 1.165) is 39.5 Å². The molecule has 220 valence electrons. The Kier molecular flexibility index (Phi) is 11.2. The predicted molar refractivity (Wildman–Crippen MR) is 133 cm³/mol. The van der Waals surface area contributed by atoms with E-state index < -0.39 is 79.2 Å². The zero-order valence-electron chi connectivity index (χ0n) is 22.8. The summed E-state index contributed by atoms with van der Waals surface area (Å²) < 4.78 is 31.4. The first-order valence-electron chi connectivity index (χ1n) is 12.0. The third-order valence-electron chi connectivity index (χ3n) is 5.49. The van der Waals surface area contributed by atoms with E-state index in [0.29, 0.717) is 5.75 Å². The van der Waals surface area contributed by atoms with Crippen LogP contribution in [0.4, 0.5) is 10.5 Å². The minimum Gasteiger partial charge on any atom is -0.497 e. The number of rotatable bonds is 12. The number of carbonyl (C=O) groups excluding carboxylic acids is 6. The number of nitrogens with one attached hydrogen (secondary N) is 1. The average Bonchev–Trinajstić information content (AvgIpc) is 3.15. The monoisotopic (exact) mass is 568 g/mol. The maximum absolute atomic E-state index is 13.0. The highest BCUT2D eigenvalue weighted by Gasteiger charge is 2.53. The highest BCUT2D eigenvalue weighted by Crippen LogP contribution is 2.30. The van der Waals surface area contributed by atoms with E-state index in [1.807, 2.05) is 0 Å². The number of urea groups is 1. The summed E-state index contributed by atoms with van der Waals surface area (Å²) in [4.78, 5) is 73.7. The number of benzene rings is 1. The number of carbonyl (C=O) groups is 6. The van der Waals surface area contributed by atoms with Crippen LogP contribution in [0.25, 0.3) is 0 Å². The molecule has 6 atom stereocenters. The Labute approximate surface area is 229 Å². The van der Waals surface area contributed by atoms with Crippen LogP contribution in [0.3, 0.4) is 0 Å². The molecule has 1 aliphatic rings. The maximum atomic E-state index is 13.0. The average molecular weight is 569 g/mol.